The quantitative estimate of drug-likeness (QED) is 0.767. The van der Waals surface area contributed by atoms with E-state index in [4.69, 9.17) is 5.73 Å². The molecule has 0 aliphatic heterocycles. The molecule has 0 bridgehead atoms. The molecular formula is C10H17N3O. The third-order valence-corrected chi connectivity index (χ3v) is 2.16. The fraction of sp³-hybridized carbons (Fsp3) is 0.600. The Labute approximate surface area is 84.1 Å². The van der Waals surface area contributed by atoms with Crippen molar-refractivity contribution in [2.45, 2.75) is 32.7 Å². The molecule has 1 aromatic rings. The molecule has 0 aromatic carbocycles. The molecule has 0 fully saturated rings. The summed E-state index contributed by atoms with van der Waals surface area (Å²) in [5, 5.41) is 4.17. The van der Waals surface area contributed by atoms with Crippen molar-refractivity contribution in [3.8, 4) is 0 Å². The monoisotopic (exact) mass is 195 g/mol. The van der Waals surface area contributed by atoms with E-state index in [9.17, 15) is 4.79 Å². The van der Waals surface area contributed by atoms with Gasteiger partial charge in [-0.15, -0.1) is 0 Å². The summed E-state index contributed by atoms with van der Waals surface area (Å²) in [4.78, 5) is 11.6. The van der Waals surface area contributed by atoms with Crippen molar-refractivity contribution >= 4 is 5.78 Å². The molecule has 14 heavy (non-hydrogen) atoms. The first-order chi connectivity index (χ1) is 6.30. The maximum atomic E-state index is 11.6. The number of carbonyl (C=O) groups is 1. The molecule has 4 nitrogen and oxygen atoms in total. The van der Waals surface area contributed by atoms with E-state index in [2.05, 4.69) is 5.10 Å². The van der Waals surface area contributed by atoms with E-state index < -0.39 is 5.54 Å². The maximum absolute atomic E-state index is 11.6. The molecule has 2 N–H and O–H groups in total. The van der Waals surface area contributed by atoms with Crippen molar-refractivity contribution in [1.82, 2.24) is 9.78 Å². The van der Waals surface area contributed by atoms with Crippen LogP contribution in [0.5, 0.6) is 0 Å². The third-order valence-electron chi connectivity index (χ3n) is 2.16. The minimum absolute atomic E-state index is 0.0282. The van der Waals surface area contributed by atoms with Crippen LogP contribution >= 0.6 is 0 Å². The Morgan fingerprint density at radius 3 is 2.57 bits per heavy atom. The third kappa shape index (κ3) is 2.42. The molecule has 0 saturated carbocycles. The van der Waals surface area contributed by atoms with Crippen LogP contribution in [-0.4, -0.2) is 21.1 Å². The molecule has 0 unspecified atom stereocenters. The number of hydrogen-bond donors (Lipinski definition) is 1. The van der Waals surface area contributed by atoms with Crippen molar-refractivity contribution in [3.63, 3.8) is 0 Å². The summed E-state index contributed by atoms with van der Waals surface area (Å²) >= 11 is 0. The van der Waals surface area contributed by atoms with E-state index in [1.807, 2.05) is 20.0 Å². The number of aryl methyl sites for hydroxylation is 2. The highest BCUT2D eigenvalue weighted by molar-refractivity contribution is 5.88. The van der Waals surface area contributed by atoms with Crippen LogP contribution in [0, 0.1) is 6.92 Å². The summed E-state index contributed by atoms with van der Waals surface area (Å²) in [6.45, 7) is 5.35. The average molecular weight is 195 g/mol. The van der Waals surface area contributed by atoms with Crippen molar-refractivity contribution in [2.75, 3.05) is 0 Å². The number of nitrogens with two attached hydrogens (primary N) is 1. The predicted octanol–water partition coefficient (Wildman–Crippen LogP) is 0.577. The summed E-state index contributed by atoms with van der Waals surface area (Å²) in [6, 6.07) is 1.91. The predicted molar refractivity (Wildman–Crippen MR) is 54.9 cm³/mol. The summed E-state index contributed by atoms with van der Waals surface area (Å²) in [7, 11) is 1.83. The number of Topliss-reactive ketones (excluding diaryl/α,β-unsaturated/α-hetero) is 1. The van der Waals surface area contributed by atoms with Gasteiger partial charge in [-0.1, -0.05) is 0 Å². The van der Waals surface area contributed by atoms with Crippen LogP contribution in [-0.2, 0) is 18.3 Å². The lowest BCUT2D eigenvalue weighted by Gasteiger charge is -2.16. The summed E-state index contributed by atoms with van der Waals surface area (Å²) in [6.07, 6.45) is 0.348. The van der Waals surface area contributed by atoms with E-state index in [1.165, 1.54) is 0 Å². The van der Waals surface area contributed by atoms with Crippen LogP contribution in [0.3, 0.4) is 0 Å². The van der Waals surface area contributed by atoms with Crippen LogP contribution in [0.4, 0.5) is 0 Å². The highest BCUT2D eigenvalue weighted by Gasteiger charge is 2.22. The molecule has 1 heterocycles. The summed E-state index contributed by atoms with van der Waals surface area (Å²) < 4.78 is 1.72. The van der Waals surface area contributed by atoms with E-state index in [0.717, 1.165) is 11.4 Å². The van der Waals surface area contributed by atoms with Gasteiger partial charge in [-0.3, -0.25) is 9.48 Å². The minimum atomic E-state index is -0.766. The fourth-order valence-corrected chi connectivity index (χ4v) is 1.22. The topological polar surface area (TPSA) is 60.9 Å². The number of aromatic nitrogens is 2. The second-order valence-corrected chi connectivity index (χ2v) is 4.22. The van der Waals surface area contributed by atoms with Gasteiger partial charge in [0.15, 0.2) is 5.78 Å². The van der Waals surface area contributed by atoms with Gasteiger partial charge in [0, 0.05) is 12.7 Å². The molecule has 0 radical (unpaired) electrons. The summed E-state index contributed by atoms with van der Waals surface area (Å²) in [5.41, 5.74) is 6.77. The zero-order valence-corrected chi connectivity index (χ0v) is 9.16. The van der Waals surface area contributed by atoms with Gasteiger partial charge in [0.25, 0.3) is 0 Å². The molecule has 4 heteroatoms. The Hall–Kier alpha value is -1.16. The fourth-order valence-electron chi connectivity index (χ4n) is 1.22. The second kappa shape index (κ2) is 3.53. The van der Waals surface area contributed by atoms with Gasteiger partial charge in [-0.25, -0.2) is 0 Å². The van der Waals surface area contributed by atoms with Gasteiger partial charge in [-0.05, 0) is 26.8 Å². The molecule has 0 saturated heterocycles. The first-order valence-corrected chi connectivity index (χ1v) is 4.62. The zero-order valence-electron chi connectivity index (χ0n) is 9.16. The molecule has 0 aliphatic rings. The minimum Gasteiger partial charge on any atom is -0.319 e. The largest absolute Gasteiger partial charge is 0.319 e. The molecular weight excluding hydrogens is 178 g/mol. The van der Waals surface area contributed by atoms with Crippen molar-refractivity contribution in [2.24, 2.45) is 12.8 Å². The Kier molecular flexibility index (Phi) is 2.76. The van der Waals surface area contributed by atoms with Gasteiger partial charge < -0.3 is 5.73 Å². The molecule has 1 aromatic heterocycles. The SMILES string of the molecule is Cc1cc(CC(=O)C(C)(C)N)n(C)n1. The molecule has 0 spiro atoms. The molecule has 0 amide bonds. The van der Waals surface area contributed by atoms with Crippen LogP contribution in [0.1, 0.15) is 25.2 Å². The van der Waals surface area contributed by atoms with Crippen molar-refractivity contribution in [1.29, 1.82) is 0 Å². The number of nitrogens with zero attached hydrogens (tertiary/aromatic N) is 2. The Balaban J connectivity index is 2.80. The van der Waals surface area contributed by atoms with Gasteiger partial charge in [0.1, 0.15) is 0 Å². The van der Waals surface area contributed by atoms with Crippen molar-refractivity contribution < 1.29 is 4.79 Å². The molecule has 0 atom stereocenters. The lowest BCUT2D eigenvalue weighted by atomic mass is 9.97. The number of rotatable bonds is 3. The van der Waals surface area contributed by atoms with E-state index in [0.29, 0.717) is 6.42 Å². The first kappa shape index (κ1) is 10.9. The molecule has 78 valence electrons. The highest BCUT2D eigenvalue weighted by Crippen LogP contribution is 2.08. The second-order valence-electron chi connectivity index (χ2n) is 4.22. The number of ketones is 1. The zero-order chi connectivity index (χ0) is 10.9. The smallest absolute Gasteiger partial charge is 0.157 e. The van der Waals surface area contributed by atoms with E-state index in [-0.39, 0.29) is 5.78 Å². The van der Waals surface area contributed by atoms with E-state index in [1.54, 1.807) is 18.5 Å². The lowest BCUT2D eigenvalue weighted by molar-refractivity contribution is -0.122. The Morgan fingerprint density at radius 2 is 2.21 bits per heavy atom. The first-order valence-electron chi connectivity index (χ1n) is 4.62. The molecule has 1 rings (SSSR count). The average Bonchev–Trinajstić information content (AvgIpc) is 2.28. The normalized spacial score (nSPS) is 11.8. The number of carbonyl (C=O) groups excluding carboxylic acids is 1. The maximum Gasteiger partial charge on any atom is 0.157 e. The van der Waals surface area contributed by atoms with Gasteiger partial charge in [0.05, 0.1) is 17.7 Å². The van der Waals surface area contributed by atoms with Crippen LogP contribution in [0.25, 0.3) is 0 Å². The Bertz CT molecular complexity index is 347. The van der Waals surface area contributed by atoms with Crippen LogP contribution in [0.2, 0.25) is 0 Å². The van der Waals surface area contributed by atoms with Gasteiger partial charge in [-0.2, -0.15) is 5.10 Å². The Morgan fingerprint density at radius 1 is 1.64 bits per heavy atom. The number of hydrogen-bond acceptors (Lipinski definition) is 3. The summed E-state index contributed by atoms with van der Waals surface area (Å²) in [5.74, 6) is 0.0282. The van der Waals surface area contributed by atoms with E-state index >= 15 is 0 Å². The van der Waals surface area contributed by atoms with Crippen LogP contribution < -0.4 is 5.73 Å². The highest BCUT2D eigenvalue weighted by atomic mass is 16.1. The lowest BCUT2D eigenvalue weighted by Crippen LogP contribution is -2.42. The van der Waals surface area contributed by atoms with Gasteiger partial charge >= 0.3 is 0 Å². The van der Waals surface area contributed by atoms with Gasteiger partial charge in [0.2, 0.25) is 0 Å². The van der Waals surface area contributed by atoms with Crippen molar-refractivity contribution in [3.05, 3.63) is 17.5 Å². The molecule has 0 aliphatic carbocycles. The standard InChI is InChI=1S/C10H17N3O/c1-7-5-8(13(4)12-7)6-9(14)10(2,3)11/h5H,6,11H2,1-4H3. The van der Waals surface area contributed by atoms with Crippen LogP contribution in [0.15, 0.2) is 6.07 Å².